The summed E-state index contributed by atoms with van der Waals surface area (Å²) in [6, 6.07) is 7.03. The Bertz CT molecular complexity index is 988. The molecule has 0 bridgehead atoms. The second-order valence-corrected chi connectivity index (χ2v) is 12.4. The number of sulfonamides is 1. The molecule has 2 fully saturated rings. The van der Waals surface area contributed by atoms with Gasteiger partial charge in [0.1, 0.15) is 0 Å². The zero-order valence-corrected chi connectivity index (χ0v) is 19.4. The summed E-state index contributed by atoms with van der Waals surface area (Å²) in [5.41, 5.74) is 0. The van der Waals surface area contributed by atoms with Crippen LogP contribution in [-0.2, 0) is 14.8 Å². The molecule has 4 rings (SSSR count). The molecule has 2 aliphatic heterocycles. The maximum absolute atomic E-state index is 13.3. The highest BCUT2D eigenvalue weighted by Gasteiger charge is 2.29. The highest BCUT2D eigenvalue weighted by atomic mass is 33.1. The molecule has 2 saturated heterocycles. The summed E-state index contributed by atoms with van der Waals surface area (Å²) < 4.78 is 28.2. The van der Waals surface area contributed by atoms with E-state index < -0.39 is 10.0 Å². The molecule has 3 heterocycles. The zero-order valence-electron chi connectivity index (χ0n) is 16.9. The van der Waals surface area contributed by atoms with E-state index in [1.165, 1.54) is 16.5 Å². The van der Waals surface area contributed by atoms with E-state index in [1.807, 2.05) is 32.6 Å². The van der Waals surface area contributed by atoms with Crippen LogP contribution in [0.15, 0.2) is 41.6 Å². The van der Waals surface area contributed by atoms with Crippen molar-refractivity contribution in [1.29, 1.82) is 0 Å². The maximum atomic E-state index is 13.3. The summed E-state index contributed by atoms with van der Waals surface area (Å²) in [5, 5.41) is 2.18. The minimum Gasteiger partial charge on any atom is -0.341 e. The Balaban J connectivity index is 1.39. The maximum Gasteiger partial charge on any atom is 0.243 e. The number of hydrogen-bond donors (Lipinski definition) is 0. The van der Waals surface area contributed by atoms with E-state index in [-0.39, 0.29) is 5.91 Å². The Morgan fingerprint density at radius 3 is 2.90 bits per heavy atom. The molecule has 9 heteroatoms. The van der Waals surface area contributed by atoms with Gasteiger partial charge in [-0.2, -0.15) is 4.31 Å². The van der Waals surface area contributed by atoms with Gasteiger partial charge < -0.3 is 4.90 Å². The van der Waals surface area contributed by atoms with Gasteiger partial charge in [-0.15, -0.1) is 0 Å². The van der Waals surface area contributed by atoms with Gasteiger partial charge in [0.25, 0.3) is 0 Å². The van der Waals surface area contributed by atoms with Crippen LogP contribution >= 0.6 is 21.6 Å². The summed E-state index contributed by atoms with van der Waals surface area (Å²) in [5.74, 6) is 1.37. The van der Waals surface area contributed by atoms with Crippen molar-refractivity contribution in [2.24, 2.45) is 0 Å². The van der Waals surface area contributed by atoms with E-state index in [0.717, 1.165) is 18.2 Å². The third-order valence-electron chi connectivity index (χ3n) is 5.71. The van der Waals surface area contributed by atoms with Gasteiger partial charge in [-0.1, -0.05) is 33.7 Å². The lowest BCUT2D eigenvalue weighted by Crippen LogP contribution is -2.37. The molecule has 0 spiro atoms. The van der Waals surface area contributed by atoms with Gasteiger partial charge in [0.15, 0.2) is 0 Å². The molecule has 0 saturated carbocycles. The van der Waals surface area contributed by atoms with Crippen molar-refractivity contribution in [2.45, 2.75) is 42.2 Å². The first-order valence-corrected chi connectivity index (χ1v) is 14.3. The van der Waals surface area contributed by atoms with E-state index in [4.69, 9.17) is 0 Å². The number of pyridine rings is 1. The molecule has 2 aliphatic rings. The van der Waals surface area contributed by atoms with Gasteiger partial charge in [0, 0.05) is 66.8 Å². The van der Waals surface area contributed by atoms with Gasteiger partial charge in [0.2, 0.25) is 15.9 Å². The molecule has 1 atom stereocenters. The summed E-state index contributed by atoms with van der Waals surface area (Å²) in [4.78, 5) is 18.9. The molecule has 162 valence electrons. The number of amides is 1. The molecule has 0 N–H and O–H groups in total. The molecule has 6 nitrogen and oxygen atoms in total. The molecule has 1 amide bonds. The predicted molar refractivity (Wildman–Crippen MR) is 124 cm³/mol. The van der Waals surface area contributed by atoms with Crippen molar-refractivity contribution in [1.82, 2.24) is 14.2 Å². The van der Waals surface area contributed by atoms with Gasteiger partial charge in [0.05, 0.1) is 4.90 Å². The number of aromatic nitrogens is 1. The second-order valence-electron chi connectivity index (χ2n) is 7.71. The number of rotatable bonds is 6. The van der Waals surface area contributed by atoms with E-state index >= 15 is 0 Å². The van der Waals surface area contributed by atoms with E-state index in [1.54, 1.807) is 30.6 Å². The molecule has 30 heavy (non-hydrogen) atoms. The van der Waals surface area contributed by atoms with Crippen LogP contribution in [0.3, 0.4) is 0 Å². The molecule has 1 unspecified atom stereocenters. The summed E-state index contributed by atoms with van der Waals surface area (Å²) in [6.07, 6.45) is 7.77. The van der Waals surface area contributed by atoms with Crippen LogP contribution < -0.4 is 0 Å². The number of carbonyl (C=O) groups is 1. The Morgan fingerprint density at radius 1 is 1.17 bits per heavy atom. The largest absolute Gasteiger partial charge is 0.341 e. The molecule has 1 aromatic heterocycles. The van der Waals surface area contributed by atoms with Crippen LogP contribution in [0, 0.1) is 0 Å². The van der Waals surface area contributed by atoms with Crippen molar-refractivity contribution in [3.05, 3.63) is 36.7 Å². The van der Waals surface area contributed by atoms with Crippen molar-refractivity contribution >= 4 is 48.3 Å². The minimum absolute atomic E-state index is 0.154. The smallest absolute Gasteiger partial charge is 0.243 e. The summed E-state index contributed by atoms with van der Waals surface area (Å²) >= 11 is 0. The number of benzene rings is 1. The first-order chi connectivity index (χ1) is 14.6. The lowest BCUT2D eigenvalue weighted by molar-refractivity contribution is -0.131. The monoisotopic (exact) mass is 465 g/mol. The van der Waals surface area contributed by atoms with E-state index in [2.05, 4.69) is 4.98 Å². The first-order valence-electron chi connectivity index (χ1n) is 10.4. The summed E-state index contributed by atoms with van der Waals surface area (Å²) in [6.45, 7) is 1.85. The molecular formula is C21H27N3O3S3. The average Bonchev–Trinajstić information content (AvgIpc) is 3.14. The molecule has 1 aromatic carbocycles. The number of hydrogen-bond acceptors (Lipinski definition) is 6. The zero-order chi connectivity index (χ0) is 21.0. The van der Waals surface area contributed by atoms with Crippen molar-refractivity contribution in [2.75, 3.05) is 31.9 Å². The fraction of sp³-hybridized carbons (Fsp3) is 0.524. The van der Waals surface area contributed by atoms with E-state index in [0.29, 0.717) is 54.6 Å². The first kappa shape index (κ1) is 21.9. The third-order valence-corrected chi connectivity index (χ3v) is 10.7. The molecular weight excluding hydrogens is 438 g/mol. The Hall–Kier alpha value is -1.29. The fourth-order valence-corrected chi connectivity index (χ4v) is 8.76. The standard InChI is InChI=1S/C21H27N3O3S3/c25-21(7-2-5-18-9-15-28-29-18)23-11-3-12-24(14-13-23)30(26,27)20-6-1-4-17-16-22-10-8-19(17)20/h1,4,6,8,10,16,18H,2-3,5,7,9,11-15H2. The highest BCUT2D eigenvalue weighted by Crippen LogP contribution is 2.39. The number of nitrogens with zero attached hydrogens (tertiary/aromatic N) is 3. The van der Waals surface area contributed by atoms with Crippen molar-refractivity contribution in [3.8, 4) is 0 Å². The Kier molecular flexibility index (Phi) is 7.23. The summed E-state index contributed by atoms with van der Waals surface area (Å²) in [7, 11) is 0.251. The molecule has 0 aliphatic carbocycles. The second kappa shape index (κ2) is 9.89. The minimum atomic E-state index is -3.63. The van der Waals surface area contributed by atoms with Gasteiger partial charge in [-0.05, 0) is 37.8 Å². The van der Waals surface area contributed by atoms with Crippen molar-refractivity contribution < 1.29 is 13.2 Å². The SMILES string of the molecule is O=C(CCCC1CCSS1)N1CCCN(S(=O)(=O)c2cccc3cnccc23)CC1. The van der Waals surface area contributed by atoms with Crippen molar-refractivity contribution in [3.63, 3.8) is 0 Å². The Morgan fingerprint density at radius 2 is 2.07 bits per heavy atom. The Labute approximate surface area is 186 Å². The van der Waals surface area contributed by atoms with Crippen LogP contribution in [0.1, 0.15) is 32.1 Å². The fourth-order valence-electron chi connectivity index (χ4n) is 4.04. The van der Waals surface area contributed by atoms with Gasteiger partial charge in [-0.3, -0.25) is 9.78 Å². The topological polar surface area (TPSA) is 70.6 Å². The molecule has 0 radical (unpaired) electrons. The number of carbonyl (C=O) groups excluding carboxylic acids is 1. The van der Waals surface area contributed by atoms with Crippen LogP contribution in [0.2, 0.25) is 0 Å². The normalized spacial score (nSPS) is 21.1. The quantitative estimate of drug-likeness (QED) is 0.605. The molecule has 2 aromatic rings. The van der Waals surface area contributed by atoms with Crippen LogP contribution in [-0.4, -0.2) is 65.7 Å². The van der Waals surface area contributed by atoms with Crippen LogP contribution in [0.25, 0.3) is 10.8 Å². The van der Waals surface area contributed by atoms with E-state index in [9.17, 15) is 13.2 Å². The third kappa shape index (κ3) is 4.95. The number of fused-ring (bicyclic) bond motifs is 1. The highest BCUT2D eigenvalue weighted by molar-refractivity contribution is 8.77. The van der Waals surface area contributed by atoms with Gasteiger partial charge in [-0.25, -0.2) is 8.42 Å². The van der Waals surface area contributed by atoms with Gasteiger partial charge >= 0.3 is 0 Å². The van der Waals surface area contributed by atoms with Crippen LogP contribution in [0.5, 0.6) is 0 Å². The predicted octanol–water partition coefficient (Wildman–Crippen LogP) is 3.78. The van der Waals surface area contributed by atoms with Crippen LogP contribution in [0.4, 0.5) is 0 Å². The lowest BCUT2D eigenvalue weighted by atomic mass is 10.1. The lowest BCUT2D eigenvalue weighted by Gasteiger charge is -2.22. The average molecular weight is 466 g/mol.